The number of amides is 1. The molecule has 74 valence electrons. The lowest BCUT2D eigenvalue weighted by Crippen LogP contribution is -2.27. The average Bonchev–Trinajstić information content (AvgIpc) is 2.59. The standard InChI is InChI=1S/C10H12N2O2/c1-8-9(4-7-14-8)10(13)12(2)6-3-5-11/h4,7H,3,6H2,1-2H3. The smallest absolute Gasteiger partial charge is 0.257 e. The van der Waals surface area contributed by atoms with Gasteiger partial charge in [-0.1, -0.05) is 0 Å². The van der Waals surface area contributed by atoms with Crippen molar-refractivity contribution in [2.75, 3.05) is 13.6 Å². The Morgan fingerprint density at radius 3 is 2.93 bits per heavy atom. The van der Waals surface area contributed by atoms with Crippen LogP contribution in [0.2, 0.25) is 0 Å². The molecule has 0 radical (unpaired) electrons. The number of hydrogen-bond donors (Lipinski definition) is 0. The molecule has 0 spiro atoms. The SMILES string of the molecule is Cc1occc1C(=O)N(C)CCC#N. The Morgan fingerprint density at radius 2 is 2.43 bits per heavy atom. The molecule has 0 aliphatic carbocycles. The highest BCUT2D eigenvalue weighted by atomic mass is 16.3. The number of furan rings is 1. The van der Waals surface area contributed by atoms with E-state index in [1.54, 1.807) is 20.0 Å². The quantitative estimate of drug-likeness (QED) is 0.730. The molecule has 0 saturated carbocycles. The van der Waals surface area contributed by atoms with Crippen LogP contribution in [-0.2, 0) is 0 Å². The summed E-state index contributed by atoms with van der Waals surface area (Å²) in [6, 6.07) is 3.64. The summed E-state index contributed by atoms with van der Waals surface area (Å²) in [6.07, 6.45) is 1.83. The first-order valence-electron chi connectivity index (χ1n) is 4.33. The highest BCUT2D eigenvalue weighted by Crippen LogP contribution is 2.11. The second kappa shape index (κ2) is 4.47. The number of aryl methyl sites for hydroxylation is 1. The minimum absolute atomic E-state index is 0.105. The topological polar surface area (TPSA) is 57.2 Å². The third-order valence-electron chi connectivity index (χ3n) is 1.99. The van der Waals surface area contributed by atoms with Gasteiger partial charge in [0, 0.05) is 13.6 Å². The van der Waals surface area contributed by atoms with E-state index in [2.05, 4.69) is 0 Å². The van der Waals surface area contributed by atoms with Crippen molar-refractivity contribution in [3.05, 3.63) is 23.7 Å². The number of nitriles is 1. The van der Waals surface area contributed by atoms with Gasteiger partial charge in [0.2, 0.25) is 0 Å². The van der Waals surface area contributed by atoms with Crippen molar-refractivity contribution in [3.8, 4) is 6.07 Å². The number of hydrogen-bond acceptors (Lipinski definition) is 3. The van der Waals surface area contributed by atoms with Crippen LogP contribution < -0.4 is 0 Å². The summed E-state index contributed by atoms with van der Waals surface area (Å²) in [7, 11) is 1.67. The lowest BCUT2D eigenvalue weighted by Gasteiger charge is -2.14. The van der Waals surface area contributed by atoms with Crippen molar-refractivity contribution in [1.29, 1.82) is 5.26 Å². The molecule has 0 unspecified atom stereocenters. The Kier molecular flexibility index (Phi) is 3.29. The molecule has 0 fully saturated rings. The van der Waals surface area contributed by atoms with E-state index in [9.17, 15) is 4.79 Å². The van der Waals surface area contributed by atoms with Crippen LogP contribution in [0, 0.1) is 18.3 Å². The number of carbonyl (C=O) groups excluding carboxylic acids is 1. The Bertz CT molecular complexity index is 362. The summed E-state index contributed by atoms with van der Waals surface area (Å²) < 4.78 is 5.03. The van der Waals surface area contributed by atoms with Crippen LogP contribution in [0.5, 0.6) is 0 Å². The predicted octanol–water partition coefficient (Wildman–Crippen LogP) is 1.57. The second-order valence-corrected chi connectivity index (χ2v) is 3.03. The third-order valence-corrected chi connectivity index (χ3v) is 1.99. The Morgan fingerprint density at radius 1 is 1.71 bits per heavy atom. The van der Waals surface area contributed by atoms with Gasteiger partial charge < -0.3 is 9.32 Å². The van der Waals surface area contributed by atoms with Crippen molar-refractivity contribution in [1.82, 2.24) is 4.90 Å². The summed E-state index contributed by atoms with van der Waals surface area (Å²) in [5.74, 6) is 0.505. The molecule has 0 N–H and O–H groups in total. The molecule has 14 heavy (non-hydrogen) atoms. The van der Waals surface area contributed by atoms with Crippen LogP contribution >= 0.6 is 0 Å². The molecule has 0 atom stereocenters. The van der Waals surface area contributed by atoms with Crippen LogP contribution in [-0.4, -0.2) is 24.4 Å². The maximum atomic E-state index is 11.7. The molecule has 1 aromatic heterocycles. The molecule has 1 rings (SSSR count). The van der Waals surface area contributed by atoms with E-state index in [1.165, 1.54) is 11.2 Å². The minimum Gasteiger partial charge on any atom is -0.469 e. The van der Waals surface area contributed by atoms with Gasteiger partial charge in [-0.25, -0.2) is 0 Å². The maximum Gasteiger partial charge on any atom is 0.257 e. The van der Waals surface area contributed by atoms with E-state index < -0.39 is 0 Å². The zero-order chi connectivity index (χ0) is 10.6. The number of rotatable bonds is 3. The van der Waals surface area contributed by atoms with E-state index in [0.717, 1.165) is 0 Å². The predicted molar refractivity (Wildman–Crippen MR) is 50.6 cm³/mol. The van der Waals surface area contributed by atoms with E-state index in [4.69, 9.17) is 9.68 Å². The first-order valence-corrected chi connectivity index (χ1v) is 4.33. The largest absolute Gasteiger partial charge is 0.469 e. The van der Waals surface area contributed by atoms with Crippen LogP contribution in [0.1, 0.15) is 22.5 Å². The van der Waals surface area contributed by atoms with Gasteiger partial charge in [0.15, 0.2) is 0 Å². The van der Waals surface area contributed by atoms with Crippen LogP contribution in [0.25, 0.3) is 0 Å². The van der Waals surface area contributed by atoms with E-state index in [0.29, 0.717) is 24.3 Å². The van der Waals surface area contributed by atoms with Crippen LogP contribution in [0.3, 0.4) is 0 Å². The average molecular weight is 192 g/mol. The molecule has 1 amide bonds. The van der Waals surface area contributed by atoms with Gasteiger partial charge >= 0.3 is 0 Å². The van der Waals surface area contributed by atoms with Crippen LogP contribution in [0.4, 0.5) is 0 Å². The highest BCUT2D eigenvalue weighted by Gasteiger charge is 2.15. The zero-order valence-corrected chi connectivity index (χ0v) is 8.28. The normalized spacial score (nSPS) is 9.50. The summed E-state index contributed by atoms with van der Waals surface area (Å²) >= 11 is 0. The summed E-state index contributed by atoms with van der Waals surface area (Å²) in [6.45, 7) is 2.19. The molecule has 0 aliphatic heterocycles. The van der Waals surface area contributed by atoms with Gasteiger partial charge in [-0.05, 0) is 13.0 Å². The van der Waals surface area contributed by atoms with E-state index >= 15 is 0 Å². The Labute approximate surface area is 82.7 Å². The minimum atomic E-state index is -0.105. The monoisotopic (exact) mass is 192 g/mol. The first kappa shape index (κ1) is 10.3. The molecule has 4 heteroatoms. The molecule has 1 heterocycles. The number of nitrogens with zero attached hydrogens (tertiary/aromatic N) is 2. The molecule has 0 bridgehead atoms. The lowest BCUT2D eigenvalue weighted by molar-refractivity contribution is 0.0796. The van der Waals surface area contributed by atoms with Crippen molar-refractivity contribution in [3.63, 3.8) is 0 Å². The van der Waals surface area contributed by atoms with Crippen molar-refractivity contribution < 1.29 is 9.21 Å². The second-order valence-electron chi connectivity index (χ2n) is 3.03. The summed E-state index contributed by atoms with van der Waals surface area (Å²) in [5.41, 5.74) is 0.561. The molecule has 0 saturated heterocycles. The summed E-state index contributed by atoms with van der Waals surface area (Å²) in [4.78, 5) is 13.2. The first-order chi connectivity index (χ1) is 6.66. The zero-order valence-electron chi connectivity index (χ0n) is 8.28. The van der Waals surface area contributed by atoms with Gasteiger partial charge in [-0.2, -0.15) is 5.26 Å². The fourth-order valence-corrected chi connectivity index (χ4v) is 1.13. The van der Waals surface area contributed by atoms with E-state index in [-0.39, 0.29) is 5.91 Å². The molecule has 1 aromatic rings. The Hall–Kier alpha value is -1.76. The van der Waals surface area contributed by atoms with Crippen molar-refractivity contribution in [2.45, 2.75) is 13.3 Å². The molecule has 4 nitrogen and oxygen atoms in total. The molecular formula is C10H12N2O2. The highest BCUT2D eigenvalue weighted by molar-refractivity contribution is 5.94. The van der Waals surface area contributed by atoms with Gasteiger partial charge in [-0.3, -0.25) is 4.79 Å². The summed E-state index contributed by atoms with van der Waals surface area (Å²) in [5, 5.41) is 8.38. The van der Waals surface area contributed by atoms with Crippen LogP contribution in [0.15, 0.2) is 16.7 Å². The number of carbonyl (C=O) groups is 1. The van der Waals surface area contributed by atoms with Crippen molar-refractivity contribution in [2.24, 2.45) is 0 Å². The lowest BCUT2D eigenvalue weighted by atomic mass is 10.2. The third kappa shape index (κ3) is 2.13. The maximum absolute atomic E-state index is 11.7. The molecule has 0 aromatic carbocycles. The molecular weight excluding hydrogens is 180 g/mol. The van der Waals surface area contributed by atoms with Gasteiger partial charge in [-0.15, -0.1) is 0 Å². The van der Waals surface area contributed by atoms with Gasteiger partial charge in [0.25, 0.3) is 5.91 Å². The van der Waals surface area contributed by atoms with Gasteiger partial charge in [0.05, 0.1) is 24.3 Å². The van der Waals surface area contributed by atoms with Crippen molar-refractivity contribution >= 4 is 5.91 Å². The fourth-order valence-electron chi connectivity index (χ4n) is 1.13. The van der Waals surface area contributed by atoms with E-state index in [1.807, 2.05) is 6.07 Å². The van der Waals surface area contributed by atoms with Gasteiger partial charge in [0.1, 0.15) is 5.76 Å². The molecule has 0 aliphatic rings. The Balaban J connectivity index is 2.67. The fraction of sp³-hybridized carbons (Fsp3) is 0.400.